The van der Waals surface area contributed by atoms with E-state index in [9.17, 15) is 4.79 Å². The number of carbonyl (C=O) groups is 1. The van der Waals surface area contributed by atoms with Gasteiger partial charge in [0.05, 0.1) is 30.5 Å². The molecule has 3 aliphatic rings. The number of hydrogen-bond acceptors (Lipinski definition) is 3. The predicted molar refractivity (Wildman–Crippen MR) is 116 cm³/mol. The molecule has 2 aliphatic heterocycles. The molecule has 1 fully saturated rings. The van der Waals surface area contributed by atoms with Gasteiger partial charge in [0.1, 0.15) is 0 Å². The normalized spacial score (nSPS) is 25.3. The molecule has 2 heterocycles. The van der Waals surface area contributed by atoms with Crippen LogP contribution in [0.3, 0.4) is 0 Å². The molecule has 29 heavy (non-hydrogen) atoms. The third-order valence-electron chi connectivity index (χ3n) is 6.22. The van der Waals surface area contributed by atoms with Crippen LogP contribution in [0.15, 0.2) is 48.6 Å². The monoisotopic (exact) mass is 428 g/mol. The first-order valence-corrected chi connectivity index (χ1v) is 10.8. The molecule has 0 aromatic heterocycles. The van der Waals surface area contributed by atoms with E-state index in [-0.39, 0.29) is 17.9 Å². The largest absolute Gasteiger partial charge is 0.378 e. The lowest BCUT2D eigenvalue weighted by Crippen LogP contribution is -2.41. The van der Waals surface area contributed by atoms with E-state index in [2.05, 4.69) is 23.5 Å². The Hall–Kier alpha value is -2.01. The van der Waals surface area contributed by atoms with Gasteiger partial charge in [-0.25, -0.2) is 0 Å². The van der Waals surface area contributed by atoms with Gasteiger partial charge in [0.25, 0.3) is 5.91 Å². The molecule has 1 amide bonds. The number of hydrogen-bond donors (Lipinski definition) is 1. The maximum atomic E-state index is 13.3. The average Bonchev–Trinajstić information content (AvgIpc) is 3.23. The fraction of sp³-hybridized carbons (Fsp3) is 0.348. The van der Waals surface area contributed by atoms with Crippen LogP contribution < -0.4 is 5.32 Å². The molecule has 1 N–H and O–H groups in total. The summed E-state index contributed by atoms with van der Waals surface area (Å²) in [7, 11) is 0. The molecule has 0 bridgehead atoms. The van der Waals surface area contributed by atoms with Crippen molar-refractivity contribution in [2.24, 2.45) is 5.92 Å². The van der Waals surface area contributed by atoms with Gasteiger partial charge in [-0.15, -0.1) is 0 Å². The van der Waals surface area contributed by atoms with Gasteiger partial charge in [-0.3, -0.25) is 4.79 Å². The topological polar surface area (TPSA) is 41.6 Å². The maximum absolute atomic E-state index is 13.3. The molecule has 6 heteroatoms. The molecule has 1 aliphatic carbocycles. The number of ether oxygens (including phenoxy) is 1. The van der Waals surface area contributed by atoms with Gasteiger partial charge in [0.2, 0.25) is 0 Å². The smallest absolute Gasteiger partial charge is 0.256 e. The minimum absolute atomic E-state index is 0.0194. The van der Waals surface area contributed by atoms with E-state index in [4.69, 9.17) is 27.9 Å². The van der Waals surface area contributed by atoms with Crippen LogP contribution in [0.4, 0.5) is 5.69 Å². The number of para-hydroxylation sites is 1. The van der Waals surface area contributed by atoms with Crippen LogP contribution in [0.5, 0.6) is 0 Å². The Labute approximate surface area is 180 Å². The second-order valence-corrected chi connectivity index (χ2v) is 8.66. The first kappa shape index (κ1) is 19.0. The molecule has 3 atom stereocenters. The lowest BCUT2D eigenvalue weighted by Gasteiger charge is -2.39. The minimum Gasteiger partial charge on any atom is -0.378 e. The van der Waals surface area contributed by atoms with Gasteiger partial charge >= 0.3 is 0 Å². The molecule has 1 saturated heterocycles. The number of carbonyl (C=O) groups excluding carboxylic acids is 1. The van der Waals surface area contributed by atoms with Crippen molar-refractivity contribution in [2.75, 3.05) is 31.6 Å². The lowest BCUT2D eigenvalue weighted by atomic mass is 9.76. The zero-order valence-electron chi connectivity index (χ0n) is 15.9. The number of nitrogens with one attached hydrogen (secondary N) is 1. The summed E-state index contributed by atoms with van der Waals surface area (Å²) in [6.07, 6.45) is 5.48. The number of allylic oxidation sites excluding steroid dienone is 2. The van der Waals surface area contributed by atoms with Crippen LogP contribution in [-0.2, 0) is 4.74 Å². The van der Waals surface area contributed by atoms with Crippen molar-refractivity contribution in [3.05, 3.63) is 75.3 Å². The summed E-state index contributed by atoms with van der Waals surface area (Å²) in [5.41, 5.74) is 3.85. The summed E-state index contributed by atoms with van der Waals surface area (Å²) in [6.45, 7) is 2.43. The summed E-state index contributed by atoms with van der Waals surface area (Å²) in [5.74, 6) is 0.675. The van der Waals surface area contributed by atoms with Crippen molar-refractivity contribution in [2.45, 2.75) is 18.4 Å². The zero-order valence-corrected chi connectivity index (χ0v) is 17.4. The highest BCUT2D eigenvalue weighted by Crippen LogP contribution is 2.51. The van der Waals surface area contributed by atoms with Gasteiger partial charge in [0, 0.05) is 29.1 Å². The molecule has 0 spiro atoms. The van der Waals surface area contributed by atoms with Crippen LogP contribution in [0.2, 0.25) is 10.0 Å². The second-order valence-electron chi connectivity index (χ2n) is 7.82. The molecule has 0 radical (unpaired) electrons. The summed E-state index contributed by atoms with van der Waals surface area (Å²) in [5, 5.41) is 4.97. The number of amides is 1. The highest BCUT2D eigenvalue weighted by atomic mass is 35.5. The van der Waals surface area contributed by atoms with E-state index in [0.717, 1.165) is 23.2 Å². The number of fused-ring (bicyclic) bond motifs is 3. The Morgan fingerprint density at radius 3 is 2.72 bits per heavy atom. The van der Waals surface area contributed by atoms with Crippen molar-refractivity contribution < 1.29 is 9.53 Å². The summed E-state index contributed by atoms with van der Waals surface area (Å²) >= 11 is 12.7. The van der Waals surface area contributed by atoms with Crippen molar-refractivity contribution in [3.63, 3.8) is 0 Å². The molecule has 2 aromatic rings. The van der Waals surface area contributed by atoms with Gasteiger partial charge in [-0.05, 0) is 41.7 Å². The molecule has 0 saturated carbocycles. The third-order valence-corrected chi connectivity index (χ3v) is 6.79. The molecular weight excluding hydrogens is 407 g/mol. The second kappa shape index (κ2) is 7.67. The number of benzene rings is 2. The third kappa shape index (κ3) is 3.33. The predicted octanol–water partition coefficient (Wildman–Crippen LogP) is 5.29. The fourth-order valence-electron chi connectivity index (χ4n) is 4.80. The van der Waals surface area contributed by atoms with Crippen LogP contribution in [0, 0.1) is 5.92 Å². The Balaban J connectivity index is 1.57. The van der Waals surface area contributed by atoms with E-state index in [1.165, 1.54) is 5.56 Å². The van der Waals surface area contributed by atoms with E-state index in [0.29, 0.717) is 42.3 Å². The zero-order chi connectivity index (χ0) is 20.0. The fourth-order valence-corrected chi connectivity index (χ4v) is 5.32. The summed E-state index contributed by atoms with van der Waals surface area (Å²) < 4.78 is 5.41. The van der Waals surface area contributed by atoms with Crippen molar-refractivity contribution in [3.8, 4) is 0 Å². The highest BCUT2D eigenvalue weighted by Gasteiger charge is 2.40. The Kier molecular flexibility index (Phi) is 5.02. The summed E-state index contributed by atoms with van der Waals surface area (Å²) in [6, 6.07) is 11.7. The molecule has 0 unspecified atom stereocenters. The number of halogens is 2. The molecule has 5 rings (SSSR count). The van der Waals surface area contributed by atoms with E-state index < -0.39 is 0 Å². The van der Waals surface area contributed by atoms with Gasteiger partial charge in [-0.1, -0.05) is 53.6 Å². The molecule has 150 valence electrons. The average molecular weight is 429 g/mol. The number of nitrogens with zero attached hydrogens (tertiary/aromatic N) is 1. The first-order valence-electron chi connectivity index (χ1n) is 10.0. The standard InChI is InChI=1S/C23H22Cl2N2O2/c24-14-7-8-18(20(25)13-14)21-16-4-1-3-15(16)17-5-2-6-19(22(17)26-21)23(28)27-9-11-29-12-10-27/h1-3,5-8,13,15-16,21,26H,4,9-12H2/t15-,16-,21+/m0/s1. The number of morpholine rings is 1. The summed E-state index contributed by atoms with van der Waals surface area (Å²) in [4.78, 5) is 15.2. The van der Waals surface area contributed by atoms with E-state index in [1.807, 2.05) is 29.2 Å². The number of rotatable bonds is 2. The van der Waals surface area contributed by atoms with Crippen LogP contribution in [0.1, 0.15) is 39.9 Å². The Bertz CT molecular complexity index is 985. The van der Waals surface area contributed by atoms with Crippen molar-refractivity contribution >= 4 is 34.8 Å². The van der Waals surface area contributed by atoms with E-state index >= 15 is 0 Å². The Morgan fingerprint density at radius 2 is 1.93 bits per heavy atom. The van der Waals surface area contributed by atoms with Gasteiger partial charge in [-0.2, -0.15) is 0 Å². The highest BCUT2D eigenvalue weighted by molar-refractivity contribution is 6.35. The number of anilines is 1. The van der Waals surface area contributed by atoms with Crippen LogP contribution >= 0.6 is 23.2 Å². The lowest BCUT2D eigenvalue weighted by molar-refractivity contribution is 0.0303. The van der Waals surface area contributed by atoms with Crippen molar-refractivity contribution in [1.82, 2.24) is 4.90 Å². The molecule has 2 aromatic carbocycles. The van der Waals surface area contributed by atoms with E-state index in [1.54, 1.807) is 6.07 Å². The van der Waals surface area contributed by atoms with Crippen LogP contribution in [-0.4, -0.2) is 37.1 Å². The quantitative estimate of drug-likeness (QED) is 0.660. The molecular formula is C23H22Cl2N2O2. The SMILES string of the molecule is O=C(c1cccc2c1N[C@@H](c1ccc(Cl)cc1Cl)[C@H]1CC=C[C@H]21)N1CCOCC1. The van der Waals surface area contributed by atoms with Crippen molar-refractivity contribution in [1.29, 1.82) is 0 Å². The van der Waals surface area contributed by atoms with Gasteiger partial charge in [0.15, 0.2) is 0 Å². The molecule has 4 nitrogen and oxygen atoms in total. The first-order chi connectivity index (χ1) is 14.1. The van der Waals surface area contributed by atoms with Gasteiger partial charge < -0.3 is 15.0 Å². The maximum Gasteiger partial charge on any atom is 0.256 e. The Morgan fingerprint density at radius 1 is 1.10 bits per heavy atom. The van der Waals surface area contributed by atoms with Crippen LogP contribution in [0.25, 0.3) is 0 Å². The minimum atomic E-state index is 0.0194.